The lowest BCUT2D eigenvalue weighted by Crippen LogP contribution is -2.47. The van der Waals surface area contributed by atoms with E-state index in [-0.39, 0.29) is 0 Å². The predicted molar refractivity (Wildman–Crippen MR) is 52.1 cm³/mol. The maximum Gasteiger partial charge on any atom is 0.00195 e. The molecule has 0 aromatic heterocycles. The van der Waals surface area contributed by atoms with Crippen molar-refractivity contribution in [3.8, 4) is 0 Å². The Morgan fingerprint density at radius 3 is 2.75 bits per heavy atom. The molecule has 12 heavy (non-hydrogen) atoms. The lowest BCUT2D eigenvalue weighted by molar-refractivity contribution is 0.0901. The fourth-order valence-corrected chi connectivity index (χ4v) is 2.36. The van der Waals surface area contributed by atoms with Gasteiger partial charge in [-0.2, -0.15) is 0 Å². The molecule has 0 amide bonds. The number of nitrogens with zero attached hydrogens (tertiary/aromatic N) is 1. The van der Waals surface area contributed by atoms with Gasteiger partial charge >= 0.3 is 0 Å². The molecule has 2 rings (SSSR count). The third-order valence-electron chi connectivity index (χ3n) is 3.03. The van der Waals surface area contributed by atoms with E-state index >= 15 is 0 Å². The Morgan fingerprint density at radius 1 is 1.33 bits per heavy atom. The molecule has 1 fully saturated rings. The maximum absolute atomic E-state index is 2.61. The van der Waals surface area contributed by atoms with Crippen LogP contribution in [0, 0.1) is 11.8 Å². The van der Waals surface area contributed by atoms with Crippen LogP contribution in [0.2, 0.25) is 0 Å². The minimum absolute atomic E-state index is 0.961. The summed E-state index contributed by atoms with van der Waals surface area (Å²) in [5.74, 6) is 1.92. The smallest absolute Gasteiger partial charge is 0.00195 e. The summed E-state index contributed by atoms with van der Waals surface area (Å²) in [6.45, 7) is 6.40. The van der Waals surface area contributed by atoms with E-state index in [0.717, 1.165) is 11.8 Å². The van der Waals surface area contributed by atoms with Crippen LogP contribution in [0.4, 0.5) is 0 Å². The van der Waals surface area contributed by atoms with Crippen LogP contribution >= 0.6 is 0 Å². The van der Waals surface area contributed by atoms with Gasteiger partial charge in [0.15, 0.2) is 0 Å². The zero-order chi connectivity index (χ0) is 8.39. The van der Waals surface area contributed by atoms with Crippen molar-refractivity contribution in [3.05, 3.63) is 12.2 Å². The van der Waals surface area contributed by atoms with E-state index in [2.05, 4.69) is 24.0 Å². The van der Waals surface area contributed by atoms with Crippen molar-refractivity contribution in [2.45, 2.75) is 26.2 Å². The Balaban J connectivity index is 1.69. The predicted octanol–water partition coefficient (Wildman–Crippen LogP) is 2.29. The molecule has 68 valence electrons. The molecule has 0 bridgehead atoms. The van der Waals surface area contributed by atoms with Gasteiger partial charge in [0.1, 0.15) is 0 Å². The molecular formula is C11H19N. The van der Waals surface area contributed by atoms with Gasteiger partial charge < -0.3 is 4.90 Å². The molecule has 1 saturated heterocycles. The quantitative estimate of drug-likeness (QED) is 0.567. The Morgan fingerprint density at radius 2 is 2.17 bits per heavy atom. The molecule has 0 aromatic carbocycles. The maximum atomic E-state index is 2.61. The average molecular weight is 165 g/mol. The molecule has 0 aromatic rings. The van der Waals surface area contributed by atoms with Crippen LogP contribution in [0.15, 0.2) is 12.2 Å². The second kappa shape index (κ2) is 3.61. The number of hydrogen-bond acceptors (Lipinski definition) is 1. The van der Waals surface area contributed by atoms with Crippen molar-refractivity contribution in [1.29, 1.82) is 0 Å². The first kappa shape index (κ1) is 8.31. The summed E-state index contributed by atoms with van der Waals surface area (Å²) in [6.07, 6.45) is 8.74. The largest absolute Gasteiger partial charge is 0.302 e. The van der Waals surface area contributed by atoms with E-state index in [1.807, 2.05) is 0 Å². The third kappa shape index (κ3) is 1.89. The fraction of sp³-hybridized carbons (Fsp3) is 0.818. The summed E-state index contributed by atoms with van der Waals surface area (Å²) in [4.78, 5) is 2.61. The standard InChI is InChI=1S/C11H19N/c1-10-7-12(8-10)9-11-5-3-2-4-6-11/h2-3,10-11H,4-9H2,1H3. The van der Waals surface area contributed by atoms with E-state index in [9.17, 15) is 0 Å². The monoisotopic (exact) mass is 165 g/mol. The van der Waals surface area contributed by atoms with E-state index < -0.39 is 0 Å². The van der Waals surface area contributed by atoms with Crippen LogP contribution in [0.3, 0.4) is 0 Å². The number of hydrogen-bond donors (Lipinski definition) is 0. The number of rotatable bonds is 2. The number of allylic oxidation sites excluding steroid dienone is 2. The third-order valence-corrected chi connectivity index (χ3v) is 3.03. The molecule has 1 atom stereocenters. The molecule has 0 saturated carbocycles. The van der Waals surface area contributed by atoms with Crippen LogP contribution in [0.1, 0.15) is 26.2 Å². The highest BCUT2D eigenvalue weighted by molar-refractivity contribution is 4.91. The van der Waals surface area contributed by atoms with Crippen molar-refractivity contribution in [3.63, 3.8) is 0 Å². The fourth-order valence-electron chi connectivity index (χ4n) is 2.36. The minimum atomic E-state index is 0.961. The van der Waals surface area contributed by atoms with Gasteiger partial charge in [0, 0.05) is 19.6 Å². The van der Waals surface area contributed by atoms with E-state index in [1.54, 1.807) is 0 Å². The highest BCUT2D eigenvalue weighted by Gasteiger charge is 2.24. The van der Waals surface area contributed by atoms with Gasteiger partial charge in [0.05, 0.1) is 0 Å². The van der Waals surface area contributed by atoms with Crippen LogP contribution in [0.5, 0.6) is 0 Å². The molecule has 0 N–H and O–H groups in total. The molecule has 0 spiro atoms. The lowest BCUT2D eigenvalue weighted by Gasteiger charge is -2.39. The van der Waals surface area contributed by atoms with Crippen LogP contribution in [-0.2, 0) is 0 Å². The zero-order valence-corrected chi connectivity index (χ0v) is 8.00. The highest BCUT2D eigenvalue weighted by atomic mass is 15.2. The Kier molecular flexibility index (Phi) is 2.50. The van der Waals surface area contributed by atoms with Crippen LogP contribution < -0.4 is 0 Å². The molecule has 2 aliphatic rings. The molecule has 1 heteroatoms. The average Bonchev–Trinajstić information content (AvgIpc) is 2.04. The second-order valence-corrected chi connectivity index (χ2v) is 4.47. The summed E-state index contributed by atoms with van der Waals surface area (Å²) >= 11 is 0. The van der Waals surface area contributed by atoms with Gasteiger partial charge in [-0.1, -0.05) is 19.1 Å². The van der Waals surface area contributed by atoms with E-state index in [0.29, 0.717) is 0 Å². The molecule has 1 unspecified atom stereocenters. The van der Waals surface area contributed by atoms with Crippen LogP contribution in [-0.4, -0.2) is 24.5 Å². The highest BCUT2D eigenvalue weighted by Crippen LogP contribution is 2.23. The van der Waals surface area contributed by atoms with Crippen molar-refractivity contribution in [2.75, 3.05) is 19.6 Å². The van der Waals surface area contributed by atoms with Gasteiger partial charge in [-0.05, 0) is 31.1 Å². The molecule has 1 aliphatic carbocycles. The summed E-state index contributed by atoms with van der Waals surface area (Å²) in [7, 11) is 0. The molecule has 0 radical (unpaired) electrons. The zero-order valence-electron chi connectivity index (χ0n) is 8.00. The lowest BCUT2D eigenvalue weighted by atomic mass is 9.91. The second-order valence-electron chi connectivity index (χ2n) is 4.47. The van der Waals surface area contributed by atoms with E-state index in [4.69, 9.17) is 0 Å². The van der Waals surface area contributed by atoms with Gasteiger partial charge in [-0.3, -0.25) is 0 Å². The van der Waals surface area contributed by atoms with Crippen LogP contribution in [0.25, 0.3) is 0 Å². The summed E-state index contributed by atoms with van der Waals surface area (Å²) < 4.78 is 0. The summed E-state index contributed by atoms with van der Waals surface area (Å²) in [5, 5.41) is 0. The van der Waals surface area contributed by atoms with Crippen molar-refractivity contribution >= 4 is 0 Å². The SMILES string of the molecule is CC1CN(CC2CC=CCC2)C1. The van der Waals surface area contributed by atoms with Gasteiger partial charge in [0.2, 0.25) is 0 Å². The first-order valence-electron chi connectivity index (χ1n) is 5.22. The first-order valence-corrected chi connectivity index (χ1v) is 5.22. The molecule has 1 heterocycles. The Labute approximate surface area is 75.4 Å². The minimum Gasteiger partial charge on any atom is -0.302 e. The Hall–Kier alpha value is -0.300. The van der Waals surface area contributed by atoms with Gasteiger partial charge in [-0.25, -0.2) is 0 Å². The first-order chi connectivity index (χ1) is 5.84. The molecule has 1 aliphatic heterocycles. The molecule has 1 nitrogen and oxygen atoms in total. The van der Waals surface area contributed by atoms with Crippen molar-refractivity contribution in [2.24, 2.45) is 11.8 Å². The van der Waals surface area contributed by atoms with Gasteiger partial charge in [0.25, 0.3) is 0 Å². The van der Waals surface area contributed by atoms with Crippen molar-refractivity contribution < 1.29 is 0 Å². The summed E-state index contributed by atoms with van der Waals surface area (Å²) in [6, 6.07) is 0. The molecular weight excluding hydrogens is 146 g/mol. The Bertz CT molecular complexity index is 168. The topological polar surface area (TPSA) is 3.24 Å². The summed E-state index contributed by atoms with van der Waals surface area (Å²) in [5.41, 5.74) is 0. The normalized spacial score (nSPS) is 31.9. The van der Waals surface area contributed by atoms with Gasteiger partial charge in [-0.15, -0.1) is 0 Å². The van der Waals surface area contributed by atoms with E-state index in [1.165, 1.54) is 38.9 Å². The number of likely N-dealkylation sites (tertiary alicyclic amines) is 1. The van der Waals surface area contributed by atoms with Crippen molar-refractivity contribution in [1.82, 2.24) is 4.90 Å².